The molecule has 6 atom stereocenters. The summed E-state index contributed by atoms with van der Waals surface area (Å²) in [6.45, 7) is 11.0. The van der Waals surface area contributed by atoms with Crippen molar-refractivity contribution in [2.45, 2.75) is 70.1 Å². The zero-order valence-corrected chi connectivity index (χ0v) is 22.6. The molecule has 0 radical (unpaired) electrons. The summed E-state index contributed by atoms with van der Waals surface area (Å²) in [7, 11) is -1.35. The number of carbonyl (C=O) groups is 1. The molecule has 0 bridgehead atoms. The van der Waals surface area contributed by atoms with Crippen LogP contribution in [0, 0.1) is 17.8 Å². The van der Waals surface area contributed by atoms with Gasteiger partial charge >= 0.3 is 0 Å². The summed E-state index contributed by atoms with van der Waals surface area (Å²) in [5, 5.41) is 11.3. The molecule has 34 heavy (non-hydrogen) atoms. The average molecular weight is 534 g/mol. The number of amides is 1. The normalized spacial score (nSPS) is 30.4. The minimum absolute atomic E-state index is 0.0119. The molecule has 1 aliphatic carbocycles. The van der Waals surface area contributed by atoms with Gasteiger partial charge in [0, 0.05) is 24.7 Å². The topological polar surface area (TPSA) is 88.1 Å². The fraction of sp³-hybridized carbons (Fsp3) is 0.708. The summed E-state index contributed by atoms with van der Waals surface area (Å²) >= 11 is 12.4. The Balaban J connectivity index is 1.49. The van der Waals surface area contributed by atoms with Crippen molar-refractivity contribution >= 4 is 40.1 Å². The summed E-state index contributed by atoms with van der Waals surface area (Å²) < 4.78 is 27.2. The van der Waals surface area contributed by atoms with E-state index in [9.17, 15) is 14.1 Å². The number of hydrogen-bond acceptors (Lipinski definition) is 5. The second-order valence-electron chi connectivity index (χ2n) is 11.1. The van der Waals surface area contributed by atoms with Gasteiger partial charge in [0.25, 0.3) is 5.91 Å². The molecule has 3 unspecified atom stereocenters. The third kappa shape index (κ3) is 5.42. The van der Waals surface area contributed by atoms with Crippen LogP contribution >= 0.6 is 23.2 Å². The highest BCUT2D eigenvalue weighted by atomic mass is 35.5. The van der Waals surface area contributed by atoms with Crippen molar-refractivity contribution < 1.29 is 23.6 Å². The van der Waals surface area contributed by atoms with Crippen LogP contribution in [0.1, 0.15) is 59.1 Å². The number of phenolic OH excluding ortho intramolecular Hbond substituents is 1. The van der Waals surface area contributed by atoms with Crippen LogP contribution in [0.25, 0.3) is 0 Å². The standard InChI is InChI=1S/C24H34Cl2N2O5S/c1-23(2,3)34(31)27-21(16-8-17(25)18(26)9-19(16)29)13-6-14-10-28(11-15(14)7-13)22(30)20-12-32-24(4,5)33-20/h8-9,13-15,20-21,27,29H,6-7,10-12H2,1-5H3/t13?,14-,15+,20-,21?,34?/m1/s1. The number of benzene rings is 1. The van der Waals surface area contributed by atoms with Crippen molar-refractivity contribution in [3.63, 3.8) is 0 Å². The Bertz CT molecular complexity index is 969. The first kappa shape index (κ1) is 26.2. The lowest BCUT2D eigenvalue weighted by Crippen LogP contribution is -2.41. The van der Waals surface area contributed by atoms with E-state index in [0.29, 0.717) is 35.5 Å². The number of hydrogen-bond donors (Lipinski definition) is 2. The summed E-state index contributed by atoms with van der Waals surface area (Å²) in [5.74, 6) is 0.0921. The first-order chi connectivity index (χ1) is 15.7. The highest BCUT2D eigenvalue weighted by Crippen LogP contribution is 2.49. The molecule has 2 N–H and O–H groups in total. The maximum Gasteiger partial charge on any atom is 0.254 e. The number of aromatic hydroxyl groups is 1. The Morgan fingerprint density at radius 2 is 1.79 bits per heavy atom. The predicted octanol–water partition coefficient (Wildman–Crippen LogP) is 4.43. The molecule has 3 fully saturated rings. The van der Waals surface area contributed by atoms with Crippen molar-refractivity contribution in [1.82, 2.24) is 9.62 Å². The minimum Gasteiger partial charge on any atom is -0.508 e. The van der Waals surface area contributed by atoms with E-state index in [1.807, 2.05) is 39.5 Å². The zero-order valence-electron chi connectivity index (χ0n) is 20.3. The van der Waals surface area contributed by atoms with Gasteiger partial charge in [-0.15, -0.1) is 0 Å². The maximum absolute atomic E-state index is 13.0. The minimum atomic E-state index is -1.35. The molecule has 3 aliphatic rings. The van der Waals surface area contributed by atoms with Gasteiger partial charge in [-0.2, -0.15) is 0 Å². The van der Waals surface area contributed by atoms with Crippen molar-refractivity contribution in [2.24, 2.45) is 17.8 Å². The monoisotopic (exact) mass is 532 g/mol. The fourth-order valence-corrected chi connectivity index (χ4v) is 6.55. The second kappa shape index (κ2) is 9.52. The van der Waals surface area contributed by atoms with Crippen LogP contribution in [0.15, 0.2) is 12.1 Å². The third-order valence-electron chi connectivity index (χ3n) is 7.05. The van der Waals surface area contributed by atoms with E-state index in [4.69, 9.17) is 32.7 Å². The van der Waals surface area contributed by atoms with Crippen molar-refractivity contribution in [1.29, 1.82) is 0 Å². The molecule has 190 valence electrons. The van der Waals surface area contributed by atoms with E-state index >= 15 is 0 Å². The van der Waals surface area contributed by atoms with Gasteiger partial charge in [0.1, 0.15) is 5.75 Å². The van der Waals surface area contributed by atoms with Gasteiger partial charge in [-0.25, -0.2) is 8.93 Å². The number of ether oxygens (including phenoxy) is 2. The number of carbonyl (C=O) groups excluding carboxylic acids is 1. The Labute approximate surface area is 214 Å². The molecule has 2 heterocycles. The van der Waals surface area contributed by atoms with E-state index in [2.05, 4.69) is 4.72 Å². The molecule has 1 aromatic carbocycles. The number of fused-ring (bicyclic) bond motifs is 1. The molecular formula is C24H34Cl2N2O5S. The smallest absolute Gasteiger partial charge is 0.254 e. The zero-order chi connectivity index (χ0) is 25.0. The quantitative estimate of drug-likeness (QED) is 0.585. The van der Waals surface area contributed by atoms with Gasteiger partial charge < -0.3 is 19.5 Å². The SMILES string of the molecule is CC1(C)OC[C@H](C(=O)N2C[C@H]3CC(C(NS(=O)C(C)(C)C)c4cc(Cl)c(Cl)cc4O)C[C@H]3C2)O1. The van der Waals surface area contributed by atoms with Gasteiger partial charge in [0.15, 0.2) is 11.9 Å². The fourth-order valence-electron chi connectivity index (χ4n) is 5.32. The number of likely N-dealkylation sites (tertiary alicyclic amines) is 1. The van der Waals surface area contributed by atoms with Crippen LogP contribution < -0.4 is 4.72 Å². The average Bonchev–Trinajstić information content (AvgIpc) is 3.40. The summed E-state index contributed by atoms with van der Waals surface area (Å²) in [5.41, 5.74) is 0.601. The molecule has 10 heteroatoms. The summed E-state index contributed by atoms with van der Waals surface area (Å²) in [6, 6.07) is 2.76. The van der Waals surface area contributed by atoms with Gasteiger partial charge in [-0.1, -0.05) is 23.2 Å². The molecule has 4 rings (SSSR count). The molecule has 1 saturated carbocycles. The number of nitrogens with zero attached hydrogens (tertiary/aromatic N) is 1. The van der Waals surface area contributed by atoms with Gasteiger partial charge in [0.2, 0.25) is 0 Å². The molecule has 2 aliphatic heterocycles. The Kier molecular flexibility index (Phi) is 7.33. The lowest BCUT2D eigenvalue weighted by molar-refractivity contribution is -0.159. The number of rotatable bonds is 5. The molecule has 1 aromatic rings. The maximum atomic E-state index is 13.0. The Morgan fingerprint density at radius 1 is 1.21 bits per heavy atom. The van der Waals surface area contributed by atoms with E-state index in [-0.39, 0.29) is 35.2 Å². The molecule has 0 spiro atoms. The van der Waals surface area contributed by atoms with Crippen LogP contribution in [0.5, 0.6) is 5.75 Å². The van der Waals surface area contributed by atoms with Crippen LogP contribution in [0.4, 0.5) is 0 Å². The summed E-state index contributed by atoms with van der Waals surface area (Å²) in [6.07, 6.45) is 1.14. The van der Waals surface area contributed by atoms with Gasteiger partial charge in [-0.3, -0.25) is 4.79 Å². The first-order valence-electron chi connectivity index (χ1n) is 11.7. The molecule has 1 amide bonds. The highest BCUT2D eigenvalue weighted by molar-refractivity contribution is 7.84. The number of nitrogens with one attached hydrogen (secondary N) is 1. The highest BCUT2D eigenvalue weighted by Gasteiger charge is 2.48. The molecular weight excluding hydrogens is 499 g/mol. The molecule has 2 saturated heterocycles. The first-order valence-corrected chi connectivity index (χ1v) is 13.6. The second-order valence-corrected chi connectivity index (χ2v) is 13.9. The van der Waals surface area contributed by atoms with Crippen molar-refractivity contribution in [3.8, 4) is 5.75 Å². The van der Waals surface area contributed by atoms with Crippen LogP contribution in [-0.2, 0) is 25.3 Å². The van der Waals surface area contributed by atoms with Gasteiger partial charge in [0.05, 0.1) is 38.4 Å². The number of phenols is 1. The third-order valence-corrected chi connectivity index (χ3v) is 9.35. The van der Waals surface area contributed by atoms with Crippen LogP contribution in [-0.4, -0.2) is 56.5 Å². The van der Waals surface area contributed by atoms with E-state index in [0.717, 1.165) is 12.8 Å². The Morgan fingerprint density at radius 3 is 2.32 bits per heavy atom. The van der Waals surface area contributed by atoms with E-state index in [1.54, 1.807) is 6.07 Å². The molecule has 7 nitrogen and oxygen atoms in total. The Hall–Kier alpha value is -0.900. The lowest BCUT2D eigenvalue weighted by atomic mass is 9.90. The lowest BCUT2D eigenvalue weighted by Gasteiger charge is -2.30. The predicted molar refractivity (Wildman–Crippen MR) is 133 cm³/mol. The molecule has 0 aromatic heterocycles. The van der Waals surface area contributed by atoms with Crippen molar-refractivity contribution in [3.05, 3.63) is 27.7 Å². The van der Waals surface area contributed by atoms with Crippen LogP contribution in [0.3, 0.4) is 0 Å². The summed E-state index contributed by atoms with van der Waals surface area (Å²) in [4.78, 5) is 14.9. The van der Waals surface area contributed by atoms with E-state index in [1.165, 1.54) is 6.07 Å². The van der Waals surface area contributed by atoms with Crippen molar-refractivity contribution in [2.75, 3.05) is 19.7 Å². The van der Waals surface area contributed by atoms with E-state index < -0.39 is 27.6 Å². The van der Waals surface area contributed by atoms with Gasteiger partial charge in [-0.05, 0) is 71.3 Å². The number of halogens is 2. The van der Waals surface area contributed by atoms with Crippen LogP contribution in [0.2, 0.25) is 10.0 Å². The largest absolute Gasteiger partial charge is 0.508 e.